The van der Waals surface area contributed by atoms with Crippen LogP contribution in [0.3, 0.4) is 0 Å². The maximum Gasteiger partial charge on any atom is 0.200 e. The van der Waals surface area contributed by atoms with E-state index in [0.29, 0.717) is 37.5 Å². The van der Waals surface area contributed by atoms with Crippen molar-refractivity contribution in [2.45, 2.75) is 19.8 Å². The summed E-state index contributed by atoms with van der Waals surface area (Å²) in [5.74, 6) is 0.683. The zero-order valence-corrected chi connectivity index (χ0v) is 15.0. The van der Waals surface area contributed by atoms with Gasteiger partial charge in [0.1, 0.15) is 5.76 Å². The maximum atomic E-state index is 13.0. The van der Waals surface area contributed by atoms with E-state index < -0.39 is 0 Å². The van der Waals surface area contributed by atoms with Crippen LogP contribution in [0.4, 0.5) is 5.69 Å². The van der Waals surface area contributed by atoms with Gasteiger partial charge in [0.15, 0.2) is 5.58 Å². The summed E-state index contributed by atoms with van der Waals surface area (Å²) in [5, 5.41) is 1.13. The predicted octanol–water partition coefficient (Wildman–Crippen LogP) is 5.58. The van der Waals surface area contributed by atoms with E-state index >= 15 is 0 Å². The van der Waals surface area contributed by atoms with E-state index in [1.165, 1.54) is 0 Å². The van der Waals surface area contributed by atoms with E-state index in [1.807, 2.05) is 26.0 Å². The van der Waals surface area contributed by atoms with Gasteiger partial charge in [-0.1, -0.05) is 37.6 Å². The van der Waals surface area contributed by atoms with Gasteiger partial charge in [0.05, 0.1) is 15.4 Å². The van der Waals surface area contributed by atoms with Gasteiger partial charge in [0.2, 0.25) is 5.43 Å². The molecule has 0 fully saturated rings. The molecule has 1 aromatic heterocycles. The van der Waals surface area contributed by atoms with E-state index in [9.17, 15) is 4.79 Å². The number of anilines is 1. The van der Waals surface area contributed by atoms with Crippen LogP contribution in [0.15, 0.2) is 50.1 Å². The van der Waals surface area contributed by atoms with E-state index in [4.69, 9.17) is 21.8 Å². The lowest BCUT2D eigenvalue weighted by Crippen LogP contribution is -2.10. The molecule has 118 valence electrons. The molecular weight excluding hydrogens is 378 g/mol. The van der Waals surface area contributed by atoms with Gasteiger partial charge in [0, 0.05) is 16.6 Å². The first-order valence-electron chi connectivity index (χ1n) is 7.20. The first kappa shape index (κ1) is 16.1. The Labute approximate surface area is 147 Å². The molecule has 0 bridgehead atoms. The van der Waals surface area contributed by atoms with Crippen LogP contribution in [-0.4, -0.2) is 0 Å². The molecule has 0 aliphatic carbocycles. The fourth-order valence-electron chi connectivity index (χ4n) is 2.55. The minimum atomic E-state index is -0.0713. The van der Waals surface area contributed by atoms with Crippen molar-refractivity contribution in [3.05, 3.63) is 61.9 Å². The zero-order chi connectivity index (χ0) is 16.7. The topological polar surface area (TPSA) is 56.2 Å². The standard InChI is InChI=1S/C18H15BrClNO2/c1-9(2)17-14(10-3-5-11(20)6-4-10)16(22)12-7-8-13(21)15(19)18(12)23-17/h3-9H,21H2,1-2H3. The van der Waals surface area contributed by atoms with Crippen LogP contribution in [0.2, 0.25) is 5.02 Å². The van der Waals surface area contributed by atoms with Crippen molar-refractivity contribution in [1.82, 2.24) is 0 Å². The fraction of sp³-hybridized carbons (Fsp3) is 0.167. The fourth-order valence-corrected chi connectivity index (χ4v) is 3.11. The number of nitrogen functional groups attached to an aromatic ring is 1. The molecule has 0 spiro atoms. The average molecular weight is 393 g/mol. The second-order valence-corrected chi connectivity index (χ2v) is 6.91. The molecule has 1 heterocycles. The van der Waals surface area contributed by atoms with Crippen LogP contribution in [0.1, 0.15) is 25.5 Å². The summed E-state index contributed by atoms with van der Waals surface area (Å²) >= 11 is 9.37. The molecule has 5 heteroatoms. The molecule has 2 aromatic carbocycles. The summed E-state index contributed by atoms with van der Waals surface area (Å²) in [5.41, 5.74) is 8.22. The van der Waals surface area contributed by atoms with E-state index in [-0.39, 0.29) is 11.3 Å². The molecule has 0 amide bonds. The summed E-state index contributed by atoms with van der Waals surface area (Å²) in [7, 11) is 0. The Balaban J connectivity index is 2.43. The normalized spacial score (nSPS) is 11.3. The van der Waals surface area contributed by atoms with Crippen LogP contribution < -0.4 is 11.2 Å². The smallest absolute Gasteiger partial charge is 0.200 e. The third kappa shape index (κ3) is 2.77. The molecule has 3 rings (SSSR count). The van der Waals surface area contributed by atoms with E-state index in [1.54, 1.807) is 24.3 Å². The van der Waals surface area contributed by atoms with Gasteiger partial charge in [-0.2, -0.15) is 0 Å². The lowest BCUT2D eigenvalue weighted by molar-refractivity contribution is 0.511. The SMILES string of the molecule is CC(C)c1oc2c(Br)c(N)ccc2c(=O)c1-c1ccc(Cl)cc1. The molecule has 0 atom stereocenters. The molecule has 0 saturated heterocycles. The van der Waals surface area contributed by atoms with E-state index in [0.717, 1.165) is 5.56 Å². The molecular formula is C18H15BrClNO2. The minimum absolute atomic E-state index is 0.0473. The third-order valence-corrected chi connectivity index (χ3v) is 4.78. The minimum Gasteiger partial charge on any atom is -0.459 e. The summed E-state index contributed by atoms with van der Waals surface area (Å²) in [6.07, 6.45) is 0. The van der Waals surface area contributed by atoms with Gasteiger partial charge >= 0.3 is 0 Å². The van der Waals surface area contributed by atoms with Gasteiger partial charge in [-0.05, 0) is 45.8 Å². The molecule has 0 unspecified atom stereocenters. The molecule has 3 nitrogen and oxygen atoms in total. The van der Waals surface area contributed by atoms with Crippen molar-refractivity contribution >= 4 is 44.2 Å². The van der Waals surface area contributed by atoms with Gasteiger partial charge in [-0.25, -0.2) is 0 Å². The Bertz CT molecular complexity index is 946. The third-order valence-electron chi connectivity index (χ3n) is 3.71. The van der Waals surface area contributed by atoms with Gasteiger partial charge in [-0.15, -0.1) is 0 Å². The van der Waals surface area contributed by atoms with Crippen molar-refractivity contribution in [1.29, 1.82) is 0 Å². The molecule has 2 N–H and O–H groups in total. The van der Waals surface area contributed by atoms with Crippen molar-refractivity contribution in [2.24, 2.45) is 0 Å². The van der Waals surface area contributed by atoms with Crippen LogP contribution in [0.25, 0.3) is 22.1 Å². The Morgan fingerprint density at radius 1 is 1.13 bits per heavy atom. The first-order chi connectivity index (χ1) is 10.9. The zero-order valence-electron chi connectivity index (χ0n) is 12.7. The second kappa shape index (κ2) is 6.02. The van der Waals surface area contributed by atoms with Gasteiger partial charge < -0.3 is 10.2 Å². The Kier molecular flexibility index (Phi) is 4.21. The lowest BCUT2D eigenvalue weighted by atomic mass is 9.97. The Morgan fingerprint density at radius 2 is 1.78 bits per heavy atom. The number of hydrogen-bond acceptors (Lipinski definition) is 3. The summed E-state index contributed by atoms with van der Waals surface area (Å²) < 4.78 is 6.68. The summed E-state index contributed by atoms with van der Waals surface area (Å²) in [6.45, 7) is 3.98. The van der Waals surface area contributed by atoms with Crippen LogP contribution in [0, 0.1) is 0 Å². The predicted molar refractivity (Wildman–Crippen MR) is 99.1 cm³/mol. The monoisotopic (exact) mass is 391 g/mol. The average Bonchev–Trinajstić information content (AvgIpc) is 2.52. The largest absolute Gasteiger partial charge is 0.459 e. The molecule has 0 aliphatic heterocycles. The molecule has 0 radical (unpaired) electrons. The molecule has 0 saturated carbocycles. The van der Waals surface area contributed by atoms with Crippen molar-refractivity contribution in [3.8, 4) is 11.1 Å². The highest BCUT2D eigenvalue weighted by Gasteiger charge is 2.20. The van der Waals surface area contributed by atoms with Crippen LogP contribution in [-0.2, 0) is 0 Å². The molecule has 23 heavy (non-hydrogen) atoms. The quantitative estimate of drug-likeness (QED) is 0.579. The highest BCUT2D eigenvalue weighted by atomic mass is 79.9. The van der Waals surface area contributed by atoms with Crippen molar-refractivity contribution < 1.29 is 4.42 Å². The van der Waals surface area contributed by atoms with Crippen LogP contribution >= 0.6 is 27.5 Å². The number of rotatable bonds is 2. The van der Waals surface area contributed by atoms with Gasteiger partial charge in [-0.3, -0.25) is 4.79 Å². The van der Waals surface area contributed by atoms with Crippen molar-refractivity contribution in [3.63, 3.8) is 0 Å². The lowest BCUT2D eigenvalue weighted by Gasteiger charge is -2.14. The van der Waals surface area contributed by atoms with Crippen molar-refractivity contribution in [2.75, 3.05) is 5.73 Å². The molecule has 0 aliphatic rings. The van der Waals surface area contributed by atoms with Gasteiger partial charge in [0.25, 0.3) is 0 Å². The van der Waals surface area contributed by atoms with E-state index in [2.05, 4.69) is 15.9 Å². The summed E-state index contributed by atoms with van der Waals surface area (Å²) in [4.78, 5) is 13.0. The first-order valence-corrected chi connectivity index (χ1v) is 8.38. The second-order valence-electron chi connectivity index (χ2n) is 5.68. The number of fused-ring (bicyclic) bond motifs is 1. The Morgan fingerprint density at radius 3 is 2.39 bits per heavy atom. The number of nitrogens with two attached hydrogens (primary N) is 1. The maximum absolute atomic E-state index is 13.0. The van der Waals surface area contributed by atoms with Crippen LogP contribution in [0.5, 0.6) is 0 Å². The Hall–Kier alpha value is -1.78. The number of benzene rings is 2. The summed E-state index contributed by atoms with van der Waals surface area (Å²) in [6, 6.07) is 10.6. The highest BCUT2D eigenvalue weighted by molar-refractivity contribution is 9.10. The number of hydrogen-bond donors (Lipinski definition) is 1. The number of halogens is 2. The molecule has 3 aromatic rings. The highest BCUT2D eigenvalue weighted by Crippen LogP contribution is 2.34.